The van der Waals surface area contributed by atoms with Crippen LogP contribution in [0.4, 0.5) is 15.9 Å². The Labute approximate surface area is 123 Å². The Kier molecular flexibility index (Phi) is 4.39. The van der Waals surface area contributed by atoms with Crippen molar-refractivity contribution in [2.24, 2.45) is 5.84 Å². The van der Waals surface area contributed by atoms with Crippen molar-refractivity contribution in [3.63, 3.8) is 0 Å². The molecule has 4 N–H and O–H groups in total. The van der Waals surface area contributed by atoms with Crippen molar-refractivity contribution >= 4 is 40.6 Å². The number of carbonyl (C=O) groups excluding carboxylic acids is 1. The highest BCUT2D eigenvalue weighted by Gasteiger charge is 2.16. The van der Waals surface area contributed by atoms with Crippen LogP contribution in [0.3, 0.4) is 0 Å². The first-order valence-corrected chi connectivity index (χ1v) is 6.17. The van der Waals surface area contributed by atoms with Crippen LogP contribution in [-0.4, -0.2) is 10.9 Å². The molecule has 0 saturated carbocycles. The smallest absolute Gasteiger partial charge is 0.275 e. The van der Waals surface area contributed by atoms with E-state index < -0.39 is 11.7 Å². The number of amides is 1. The molecule has 2 aromatic rings. The topological polar surface area (TPSA) is 80.0 Å². The number of nitrogen functional groups attached to an aromatic ring is 1. The Bertz CT molecular complexity index is 666. The summed E-state index contributed by atoms with van der Waals surface area (Å²) in [6, 6.07) is 7.20. The molecular formula is C12H9Cl2FN4O. The van der Waals surface area contributed by atoms with Crippen molar-refractivity contribution in [2.75, 3.05) is 10.7 Å². The number of benzene rings is 1. The van der Waals surface area contributed by atoms with Gasteiger partial charge in [-0.1, -0.05) is 29.3 Å². The van der Waals surface area contributed by atoms with Gasteiger partial charge in [0, 0.05) is 0 Å². The molecule has 0 aliphatic heterocycles. The summed E-state index contributed by atoms with van der Waals surface area (Å²) < 4.78 is 13.7. The number of halogens is 3. The zero-order valence-corrected chi connectivity index (χ0v) is 11.5. The average Bonchev–Trinajstić information content (AvgIpc) is 2.44. The number of hydrogen-bond acceptors (Lipinski definition) is 4. The van der Waals surface area contributed by atoms with Crippen LogP contribution in [0.1, 0.15) is 10.5 Å². The van der Waals surface area contributed by atoms with Crippen LogP contribution >= 0.6 is 23.2 Å². The van der Waals surface area contributed by atoms with Gasteiger partial charge in [0.25, 0.3) is 5.91 Å². The number of pyridine rings is 1. The zero-order chi connectivity index (χ0) is 14.7. The van der Waals surface area contributed by atoms with Crippen LogP contribution in [0.5, 0.6) is 0 Å². The Morgan fingerprint density at radius 1 is 1.20 bits per heavy atom. The minimum Gasteiger partial charge on any atom is -0.318 e. The molecule has 0 saturated heterocycles. The minimum absolute atomic E-state index is 0.0634. The molecule has 1 heterocycles. The van der Waals surface area contributed by atoms with Crippen molar-refractivity contribution in [1.29, 1.82) is 0 Å². The number of nitrogens with one attached hydrogen (secondary N) is 2. The molecule has 0 bridgehead atoms. The SMILES string of the molecule is NNc1ccc(Cl)c(C(=O)Nc2cccc(Cl)c2F)n1. The van der Waals surface area contributed by atoms with Crippen LogP contribution in [0.25, 0.3) is 0 Å². The van der Waals surface area contributed by atoms with Gasteiger partial charge in [-0.2, -0.15) is 0 Å². The highest BCUT2D eigenvalue weighted by Crippen LogP contribution is 2.23. The lowest BCUT2D eigenvalue weighted by Gasteiger charge is -2.09. The van der Waals surface area contributed by atoms with Crippen molar-refractivity contribution in [3.8, 4) is 0 Å². The zero-order valence-electron chi connectivity index (χ0n) is 9.95. The third kappa shape index (κ3) is 2.98. The second kappa shape index (κ2) is 6.04. The summed E-state index contributed by atoms with van der Waals surface area (Å²) in [5.41, 5.74) is 2.14. The van der Waals surface area contributed by atoms with Crippen molar-refractivity contribution in [2.45, 2.75) is 0 Å². The second-order valence-electron chi connectivity index (χ2n) is 3.73. The van der Waals surface area contributed by atoms with Crippen LogP contribution in [0, 0.1) is 5.82 Å². The number of hydrogen-bond donors (Lipinski definition) is 3. The first-order valence-electron chi connectivity index (χ1n) is 5.41. The maximum atomic E-state index is 13.7. The van der Waals surface area contributed by atoms with E-state index in [1.165, 1.54) is 30.3 Å². The van der Waals surface area contributed by atoms with Gasteiger partial charge in [0.05, 0.1) is 15.7 Å². The van der Waals surface area contributed by atoms with Gasteiger partial charge in [-0.3, -0.25) is 4.79 Å². The fourth-order valence-corrected chi connectivity index (χ4v) is 1.83. The highest BCUT2D eigenvalue weighted by molar-refractivity contribution is 6.34. The maximum absolute atomic E-state index is 13.7. The summed E-state index contributed by atoms with van der Waals surface area (Å²) in [5.74, 6) is 4.05. The normalized spacial score (nSPS) is 10.2. The molecule has 2 rings (SSSR count). The lowest BCUT2D eigenvalue weighted by atomic mass is 10.2. The molecule has 1 amide bonds. The molecule has 0 spiro atoms. The summed E-state index contributed by atoms with van der Waals surface area (Å²) >= 11 is 11.5. The van der Waals surface area contributed by atoms with Gasteiger partial charge in [0.2, 0.25) is 0 Å². The van der Waals surface area contributed by atoms with Gasteiger partial charge in [-0.05, 0) is 24.3 Å². The molecule has 1 aromatic carbocycles. The van der Waals surface area contributed by atoms with E-state index in [-0.39, 0.29) is 27.2 Å². The van der Waals surface area contributed by atoms with E-state index in [1.807, 2.05) is 0 Å². The summed E-state index contributed by atoms with van der Waals surface area (Å²) in [7, 11) is 0. The fraction of sp³-hybridized carbons (Fsp3) is 0. The van der Waals surface area contributed by atoms with Crippen molar-refractivity contribution < 1.29 is 9.18 Å². The van der Waals surface area contributed by atoms with Gasteiger partial charge >= 0.3 is 0 Å². The number of carbonyl (C=O) groups is 1. The molecular weight excluding hydrogens is 306 g/mol. The summed E-state index contributed by atoms with van der Waals surface area (Å²) in [6.07, 6.45) is 0. The molecule has 0 unspecified atom stereocenters. The number of hydrazine groups is 1. The van der Waals surface area contributed by atoms with Crippen LogP contribution < -0.4 is 16.6 Å². The van der Waals surface area contributed by atoms with E-state index in [9.17, 15) is 9.18 Å². The lowest BCUT2D eigenvalue weighted by Crippen LogP contribution is -2.17. The van der Waals surface area contributed by atoms with Crippen molar-refractivity contribution in [1.82, 2.24) is 4.98 Å². The summed E-state index contributed by atoms with van der Waals surface area (Å²) in [4.78, 5) is 15.9. The van der Waals surface area contributed by atoms with E-state index in [4.69, 9.17) is 29.0 Å². The van der Waals surface area contributed by atoms with Crippen LogP contribution in [0.15, 0.2) is 30.3 Å². The number of aromatic nitrogens is 1. The monoisotopic (exact) mass is 314 g/mol. The van der Waals surface area contributed by atoms with Gasteiger partial charge in [-0.25, -0.2) is 15.2 Å². The van der Waals surface area contributed by atoms with Crippen LogP contribution in [-0.2, 0) is 0 Å². The molecule has 5 nitrogen and oxygen atoms in total. The Morgan fingerprint density at radius 2 is 1.95 bits per heavy atom. The first-order chi connectivity index (χ1) is 9.52. The number of rotatable bonds is 3. The van der Waals surface area contributed by atoms with Gasteiger partial charge in [-0.15, -0.1) is 0 Å². The molecule has 0 aliphatic rings. The third-order valence-corrected chi connectivity index (χ3v) is 3.01. The fourth-order valence-electron chi connectivity index (χ4n) is 1.46. The van der Waals surface area contributed by atoms with E-state index in [1.54, 1.807) is 0 Å². The van der Waals surface area contributed by atoms with Gasteiger partial charge < -0.3 is 10.7 Å². The second-order valence-corrected chi connectivity index (χ2v) is 4.54. The summed E-state index contributed by atoms with van der Waals surface area (Å²) in [6.45, 7) is 0. The number of nitrogens with zero attached hydrogens (tertiary/aromatic N) is 1. The Morgan fingerprint density at radius 3 is 2.65 bits per heavy atom. The van der Waals surface area contributed by atoms with E-state index in [0.29, 0.717) is 0 Å². The standard InChI is InChI=1S/C12H9Cl2FN4O/c13-6-2-1-3-8(10(6)15)17-12(20)11-7(14)4-5-9(18-11)19-16/h1-5H,16H2,(H,17,20)(H,18,19). The van der Waals surface area contributed by atoms with E-state index in [2.05, 4.69) is 15.7 Å². The largest absolute Gasteiger partial charge is 0.318 e. The predicted octanol–water partition coefficient (Wildman–Crippen LogP) is 3.07. The Hall–Kier alpha value is -1.89. The van der Waals surface area contributed by atoms with Crippen LogP contribution in [0.2, 0.25) is 10.0 Å². The number of anilines is 2. The van der Waals surface area contributed by atoms with E-state index in [0.717, 1.165) is 0 Å². The maximum Gasteiger partial charge on any atom is 0.275 e. The van der Waals surface area contributed by atoms with E-state index >= 15 is 0 Å². The first kappa shape index (κ1) is 14.5. The summed E-state index contributed by atoms with van der Waals surface area (Å²) in [5, 5.41) is 2.36. The molecule has 0 fully saturated rings. The van der Waals surface area contributed by atoms with Gasteiger partial charge in [0.15, 0.2) is 5.82 Å². The Balaban J connectivity index is 2.30. The molecule has 20 heavy (non-hydrogen) atoms. The minimum atomic E-state index is -0.730. The molecule has 0 radical (unpaired) electrons. The lowest BCUT2D eigenvalue weighted by molar-refractivity contribution is 0.102. The average molecular weight is 315 g/mol. The van der Waals surface area contributed by atoms with Crippen molar-refractivity contribution in [3.05, 3.63) is 51.9 Å². The molecule has 1 aromatic heterocycles. The molecule has 104 valence electrons. The quantitative estimate of drug-likeness (QED) is 0.601. The molecule has 0 atom stereocenters. The third-order valence-electron chi connectivity index (χ3n) is 2.41. The molecule has 8 heteroatoms. The number of nitrogens with two attached hydrogens (primary N) is 1. The predicted molar refractivity (Wildman–Crippen MR) is 76.4 cm³/mol. The molecule has 0 aliphatic carbocycles. The highest BCUT2D eigenvalue weighted by atomic mass is 35.5. The van der Waals surface area contributed by atoms with Gasteiger partial charge in [0.1, 0.15) is 11.5 Å².